The van der Waals surface area contributed by atoms with Crippen LogP contribution in [0.15, 0.2) is 97.2 Å². The molecule has 0 heterocycles. The van der Waals surface area contributed by atoms with Crippen molar-refractivity contribution in [2.24, 2.45) is 0 Å². The molecule has 0 aliphatic heterocycles. The smallest absolute Gasteiger partial charge is 0.306 e. The number of hydrogen-bond acceptors (Lipinski definition) is 6. The third-order valence-corrected chi connectivity index (χ3v) is 13.6. The number of rotatable bonds is 57. The fraction of sp³-hybridized carbons (Fsp3) is 0.725. The molecule has 0 aliphatic rings. The van der Waals surface area contributed by atoms with Gasteiger partial charge in [-0.25, -0.2) is 0 Å². The molecule has 6 heteroatoms. The first kappa shape index (κ1) is 71.3. The van der Waals surface area contributed by atoms with Gasteiger partial charge in [-0.3, -0.25) is 14.4 Å². The molecule has 0 fully saturated rings. The summed E-state index contributed by atoms with van der Waals surface area (Å²) in [4.78, 5) is 38.2. The van der Waals surface area contributed by atoms with E-state index in [0.29, 0.717) is 19.3 Å². The van der Waals surface area contributed by atoms with E-state index in [9.17, 15) is 14.4 Å². The Kier molecular flexibility index (Phi) is 59.8. The van der Waals surface area contributed by atoms with Crippen LogP contribution in [0.2, 0.25) is 0 Å². The maximum absolute atomic E-state index is 12.9. The van der Waals surface area contributed by atoms with Crippen LogP contribution in [0.1, 0.15) is 303 Å². The van der Waals surface area contributed by atoms with Crippen LogP contribution < -0.4 is 0 Å². The topological polar surface area (TPSA) is 78.9 Å². The molecule has 1 atom stereocenters. The van der Waals surface area contributed by atoms with Crippen LogP contribution in [0.4, 0.5) is 0 Å². The van der Waals surface area contributed by atoms with Gasteiger partial charge in [-0.05, 0) is 103 Å². The second-order valence-corrected chi connectivity index (χ2v) is 20.9. The van der Waals surface area contributed by atoms with Gasteiger partial charge in [-0.15, -0.1) is 0 Å². The maximum Gasteiger partial charge on any atom is 0.306 e. The van der Waals surface area contributed by atoms with Gasteiger partial charge in [-0.2, -0.15) is 0 Å². The second kappa shape index (κ2) is 62.9. The molecule has 0 aromatic heterocycles. The first-order chi connectivity index (χ1) is 37.0. The SMILES string of the molecule is CC/C=C\C/C=C\C/C=C\C/C=C\C/C=C\C/C=C\CCCCC(=O)OC(COC(=O)CCCCCCCCCCCCC)COC(=O)CCCCCCCCCCCCCCC/C=C\C/C=C\CCCCCCC. The van der Waals surface area contributed by atoms with Gasteiger partial charge >= 0.3 is 17.9 Å². The normalized spacial score (nSPS) is 12.7. The van der Waals surface area contributed by atoms with Crippen molar-refractivity contribution in [3.05, 3.63) is 97.2 Å². The Labute approximate surface area is 464 Å². The molecule has 0 aromatic rings. The molecule has 0 amide bonds. The van der Waals surface area contributed by atoms with E-state index in [1.807, 2.05) is 0 Å². The Bertz CT molecular complexity index is 1480. The summed E-state index contributed by atoms with van der Waals surface area (Å²) in [6, 6.07) is 0. The molecule has 0 N–H and O–H groups in total. The van der Waals surface area contributed by atoms with Crippen molar-refractivity contribution < 1.29 is 28.6 Å². The molecule has 6 nitrogen and oxygen atoms in total. The molecule has 0 aliphatic carbocycles. The van der Waals surface area contributed by atoms with Crippen LogP contribution in [-0.2, 0) is 28.6 Å². The third-order valence-electron chi connectivity index (χ3n) is 13.6. The van der Waals surface area contributed by atoms with E-state index in [0.717, 1.165) is 96.3 Å². The van der Waals surface area contributed by atoms with Crippen LogP contribution in [0.25, 0.3) is 0 Å². The highest BCUT2D eigenvalue weighted by atomic mass is 16.6. The van der Waals surface area contributed by atoms with Gasteiger partial charge < -0.3 is 14.2 Å². The average Bonchev–Trinajstić information content (AvgIpc) is 3.41. The van der Waals surface area contributed by atoms with E-state index in [-0.39, 0.29) is 37.5 Å². The number of allylic oxidation sites excluding steroid dienone is 16. The third kappa shape index (κ3) is 61.1. The predicted molar refractivity (Wildman–Crippen MR) is 325 cm³/mol. The van der Waals surface area contributed by atoms with Crippen molar-refractivity contribution in [2.45, 2.75) is 309 Å². The van der Waals surface area contributed by atoms with Crippen molar-refractivity contribution in [1.82, 2.24) is 0 Å². The summed E-state index contributed by atoms with van der Waals surface area (Å²) in [7, 11) is 0. The summed E-state index contributed by atoms with van der Waals surface area (Å²) < 4.78 is 16.9. The summed E-state index contributed by atoms with van der Waals surface area (Å²) in [6.07, 6.45) is 84.2. The highest BCUT2D eigenvalue weighted by molar-refractivity contribution is 5.71. The fourth-order valence-electron chi connectivity index (χ4n) is 8.83. The predicted octanol–water partition coefficient (Wildman–Crippen LogP) is 21.7. The quantitative estimate of drug-likeness (QED) is 0.0261. The number of hydrogen-bond donors (Lipinski definition) is 0. The van der Waals surface area contributed by atoms with Crippen LogP contribution >= 0.6 is 0 Å². The van der Waals surface area contributed by atoms with Crippen molar-refractivity contribution in [3.8, 4) is 0 Å². The molecule has 0 aromatic carbocycles. The van der Waals surface area contributed by atoms with Crippen LogP contribution in [0.5, 0.6) is 0 Å². The minimum Gasteiger partial charge on any atom is -0.462 e. The summed E-state index contributed by atoms with van der Waals surface area (Å²) in [5.74, 6) is -0.930. The lowest BCUT2D eigenvalue weighted by molar-refractivity contribution is -0.167. The van der Waals surface area contributed by atoms with E-state index in [1.54, 1.807) is 0 Å². The molecule has 75 heavy (non-hydrogen) atoms. The Balaban J connectivity index is 4.34. The summed E-state index contributed by atoms with van der Waals surface area (Å²) >= 11 is 0. The standard InChI is InChI=1S/C69H118O6/c1-4-7-10-13-16-19-22-24-26-28-30-32-33-34-35-37-38-40-42-44-47-50-53-56-59-62-68(71)74-65-66(64-73-67(70)61-58-55-52-49-46-21-18-15-12-9-6-3)75-69(72)63-60-57-54-51-48-45-43-41-39-36-31-29-27-25-23-20-17-14-11-8-5-2/h8,11,17,20,22,24-25,27-28,30-31,36,41,43,48,51,66H,4-7,9-10,12-16,18-19,21,23,26,29,32-35,37-40,42,44-47,49-50,52-65H2,1-3H3/b11-8-,20-17-,24-22-,27-25-,30-28-,36-31-,43-41-,51-48-. The van der Waals surface area contributed by atoms with Crippen molar-refractivity contribution in [1.29, 1.82) is 0 Å². The molecule has 430 valence electrons. The molecule has 0 spiro atoms. The second-order valence-electron chi connectivity index (χ2n) is 20.9. The highest BCUT2D eigenvalue weighted by Crippen LogP contribution is 2.16. The van der Waals surface area contributed by atoms with E-state index in [4.69, 9.17) is 14.2 Å². The molecule has 0 saturated carbocycles. The minimum atomic E-state index is -0.800. The molecule has 0 saturated heterocycles. The average molecular weight is 1040 g/mol. The largest absolute Gasteiger partial charge is 0.462 e. The van der Waals surface area contributed by atoms with E-state index < -0.39 is 6.10 Å². The van der Waals surface area contributed by atoms with Crippen molar-refractivity contribution in [2.75, 3.05) is 13.2 Å². The first-order valence-corrected chi connectivity index (χ1v) is 31.7. The van der Waals surface area contributed by atoms with Gasteiger partial charge in [0.05, 0.1) is 0 Å². The summed E-state index contributed by atoms with van der Waals surface area (Å²) in [6.45, 7) is 6.49. The van der Waals surface area contributed by atoms with Crippen molar-refractivity contribution >= 4 is 17.9 Å². The number of carbonyl (C=O) groups is 3. The summed E-state index contributed by atoms with van der Waals surface area (Å²) in [5, 5.41) is 0. The van der Waals surface area contributed by atoms with E-state index in [1.165, 1.54) is 161 Å². The molecular formula is C69H118O6. The van der Waals surface area contributed by atoms with Gasteiger partial charge in [0.15, 0.2) is 6.10 Å². The number of carbonyl (C=O) groups excluding carboxylic acids is 3. The monoisotopic (exact) mass is 1040 g/mol. The first-order valence-electron chi connectivity index (χ1n) is 31.7. The number of unbranched alkanes of at least 4 members (excludes halogenated alkanes) is 30. The highest BCUT2D eigenvalue weighted by Gasteiger charge is 2.19. The lowest BCUT2D eigenvalue weighted by atomic mass is 10.0. The Morgan fingerprint density at radius 1 is 0.280 bits per heavy atom. The van der Waals surface area contributed by atoms with Gasteiger partial charge in [0, 0.05) is 19.3 Å². The lowest BCUT2D eigenvalue weighted by Gasteiger charge is -2.18. The molecule has 1 unspecified atom stereocenters. The van der Waals surface area contributed by atoms with Crippen molar-refractivity contribution in [3.63, 3.8) is 0 Å². The maximum atomic E-state index is 12.9. The Morgan fingerprint density at radius 3 is 0.840 bits per heavy atom. The zero-order valence-electron chi connectivity index (χ0n) is 49.3. The minimum absolute atomic E-state index is 0.0932. The molecule has 0 rings (SSSR count). The number of ether oxygens (including phenoxy) is 3. The van der Waals surface area contributed by atoms with E-state index >= 15 is 0 Å². The Hall–Kier alpha value is -3.67. The van der Waals surface area contributed by atoms with Crippen LogP contribution in [-0.4, -0.2) is 37.2 Å². The van der Waals surface area contributed by atoms with Gasteiger partial charge in [-0.1, -0.05) is 279 Å². The molecule has 0 radical (unpaired) electrons. The van der Waals surface area contributed by atoms with E-state index in [2.05, 4.69) is 118 Å². The molecule has 0 bridgehead atoms. The molecular weight excluding hydrogens is 925 g/mol. The zero-order chi connectivity index (χ0) is 54.3. The van der Waals surface area contributed by atoms with Gasteiger partial charge in [0.2, 0.25) is 0 Å². The lowest BCUT2D eigenvalue weighted by Crippen LogP contribution is -2.30. The van der Waals surface area contributed by atoms with Crippen LogP contribution in [0.3, 0.4) is 0 Å². The fourth-order valence-corrected chi connectivity index (χ4v) is 8.83. The number of esters is 3. The van der Waals surface area contributed by atoms with Crippen LogP contribution in [0, 0.1) is 0 Å². The van der Waals surface area contributed by atoms with Gasteiger partial charge in [0.25, 0.3) is 0 Å². The zero-order valence-corrected chi connectivity index (χ0v) is 49.3. The summed E-state index contributed by atoms with van der Waals surface area (Å²) in [5.41, 5.74) is 0. The Morgan fingerprint density at radius 2 is 0.520 bits per heavy atom. The van der Waals surface area contributed by atoms with Gasteiger partial charge in [0.1, 0.15) is 13.2 Å².